The van der Waals surface area contributed by atoms with Crippen molar-refractivity contribution < 1.29 is 14.4 Å². The van der Waals surface area contributed by atoms with Gasteiger partial charge in [0.2, 0.25) is 6.41 Å². The van der Waals surface area contributed by atoms with E-state index in [1.165, 1.54) is 6.42 Å². The molecule has 6 nitrogen and oxygen atoms in total. The van der Waals surface area contributed by atoms with Gasteiger partial charge in [0.15, 0.2) is 0 Å². The molecule has 0 aromatic rings. The van der Waals surface area contributed by atoms with Gasteiger partial charge in [-0.15, -0.1) is 0 Å². The van der Waals surface area contributed by atoms with E-state index in [4.69, 9.17) is 10.6 Å². The minimum absolute atomic E-state index is 0.107. The Hall–Kier alpha value is -1.43. The fraction of sp³-hybridized carbons (Fsp3) is 0.870. The van der Waals surface area contributed by atoms with E-state index in [9.17, 15) is 9.59 Å². The molecule has 0 saturated heterocycles. The number of hydrogen-bond donors (Lipinski definition) is 2. The highest BCUT2D eigenvalue weighted by atomic mass is 16.6. The summed E-state index contributed by atoms with van der Waals surface area (Å²) >= 11 is 0. The van der Waals surface area contributed by atoms with Crippen molar-refractivity contribution in [1.82, 2.24) is 5.32 Å². The molecular weight excluding hydrogens is 366 g/mol. The molecule has 4 rings (SSSR count). The molecule has 4 saturated carbocycles. The lowest BCUT2D eigenvalue weighted by molar-refractivity contribution is -0.142. The predicted octanol–water partition coefficient (Wildman–Crippen LogP) is 2.90. The number of fused-ring (bicyclic) bond motifs is 5. The number of rotatable bonds is 6. The minimum Gasteiger partial charge on any atom is -0.395 e. The van der Waals surface area contributed by atoms with Gasteiger partial charge in [-0.2, -0.15) is 0 Å². The van der Waals surface area contributed by atoms with Gasteiger partial charge in [0, 0.05) is 24.9 Å². The van der Waals surface area contributed by atoms with Gasteiger partial charge in [-0.25, -0.2) is 0 Å². The highest BCUT2D eigenvalue weighted by Crippen LogP contribution is 2.66. The molecule has 7 atom stereocenters. The maximum absolute atomic E-state index is 12.7. The van der Waals surface area contributed by atoms with Gasteiger partial charge in [-0.3, -0.25) is 9.59 Å². The van der Waals surface area contributed by atoms with Crippen LogP contribution in [0.1, 0.15) is 65.2 Å². The van der Waals surface area contributed by atoms with E-state index in [1.807, 2.05) is 0 Å². The van der Waals surface area contributed by atoms with Gasteiger partial charge in [-0.05, 0) is 80.0 Å². The van der Waals surface area contributed by atoms with Gasteiger partial charge in [-0.1, -0.05) is 19.0 Å². The van der Waals surface area contributed by atoms with Crippen LogP contribution in [0.5, 0.6) is 0 Å². The number of oxime groups is 1. The van der Waals surface area contributed by atoms with Crippen molar-refractivity contribution in [3.8, 4) is 0 Å². The quantitative estimate of drug-likeness (QED) is 0.405. The van der Waals surface area contributed by atoms with Crippen molar-refractivity contribution in [2.24, 2.45) is 51.3 Å². The number of nitrogens with one attached hydrogen (secondary N) is 1. The van der Waals surface area contributed by atoms with Crippen LogP contribution >= 0.6 is 0 Å². The monoisotopic (exact) mass is 403 g/mol. The Morgan fingerprint density at radius 2 is 2.03 bits per heavy atom. The molecule has 1 unspecified atom stereocenters. The van der Waals surface area contributed by atoms with Crippen molar-refractivity contribution in [3.05, 3.63) is 0 Å². The molecular formula is C23H37N3O3. The largest absolute Gasteiger partial charge is 0.395 e. The summed E-state index contributed by atoms with van der Waals surface area (Å²) in [5.74, 6) is 3.23. The summed E-state index contributed by atoms with van der Waals surface area (Å²) < 4.78 is 0. The standard InChI is InChI=1S/C23H37N3O3/c1-22-7-5-16(26-29-10-9-24)12-20(22)15(13-25-14-27)11-17-18-3-4-21(28)23(18,2)8-6-19(17)22/h14-15,17-20H,3-13,24H2,1-2H3,(H,25,27)/b26-16-/t15-,17+,18+,19+,20?,22-,23+/m1/s1. The molecule has 0 heterocycles. The number of hydrogen-bond acceptors (Lipinski definition) is 5. The first-order chi connectivity index (χ1) is 13.9. The van der Waals surface area contributed by atoms with Crippen molar-refractivity contribution in [2.45, 2.75) is 65.2 Å². The average Bonchev–Trinajstić information content (AvgIpc) is 3.01. The third-order valence-corrected chi connectivity index (χ3v) is 9.26. The second kappa shape index (κ2) is 8.01. The first kappa shape index (κ1) is 20.8. The molecule has 3 N–H and O–H groups in total. The molecule has 162 valence electrons. The first-order valence-electron chi connectivity index (χ1n) is 11.5. The summed E-state index contributed by atoms with van der Waals surface area (Å²) in [6, 6.07) is 0. The van der Waals surface area contributed by atoms with Crippen molar-refractivity contribution in [1.29, 1.82) is 0 Å². The average molecular weight is 404 g/mol. The molecule has 4 fully saturated rings. The molecule has 0 aliphatic heterocycles. The number of carbonyl (C=O) groups is 2. The second-order valence-electron chi connectivity index (χ2n) is 10.4. The third-order valence-electron chi connectivity index (χ3n) is 9.26. The third kappa shape index (κ3) is 3.41. The van der Waals surface area contributed by atoms with Crippen LogP contribution in [0.15, 0.2) is 5.16 Å². The smallest absolute Gasteiger partial charge is 0.207 e. The second-order valence-corrected chi connectivity index (χ2v) is 10.4. The molecule has 0 radical (unpaired) electrons. The Labute approximate surface area is 174 Å². The van der Waals surface area contributed by atoms with E-state index in [2.05, 4.69) is 24.3 Å². The summed E-state index contributed by atoms with van der Waals surface area (Å²) in [5.41, 5.74) is 6.81. The van der Waals surface area contributed by atoms with Crippen LogP contribution in [0.3, 0.4) is 0 Å². The lowest BCUT2D eigenvalue weighted by Crippen LogP contribution is -2.57. The zero-order valence-corrected chi connectivity index (χ0v) is 18.0. The van der Waals surface area contributed by atoms with Crippen LogP contribution in [0, 0.1) is 40.4 Å². The zero-order valence-electron chi connectivity index (χ0n) is 18.0. The molecule has 29 heavy (non-hydrogen) atoms. The lowest BCUT2D eigenvalue weighted by Gasteiger charge is -2.61. The van der Waals surface area contributed by atoms with E-state index in [-0.39, 0.29) is 10.8 Å². The number of nitrogens with zero attached hydrogens (tertiary/aromatic N) is 1. The molecule has 4 aliphatic rings. The lowest BCUT2D eigenvalue weighted by atomic mass is 9.43. The maximum Gasteiger partial charge on any atom is 0.207 e. The van der Waals surface area contributed by atoms with Crippen LogP contribution in [-0.4, -0.2) is 37.6 Å². The highest BCUT2D eigenvalue weighted by Gasteiger charge is 2.61. The van der Waals surface area contributed by atoms with Crippen LogP contribution < -0.4 is 11.1 Å². The van der Waals surface area contributed by atoms with Crippen LogP contribution in [0.4, 0.5) is 0 Å². The van der Waals surface area contributed by atoms with Gasteiger partial charge >= 0.3 is 0 Å². The highest BCUT2D eigenvalue weighted by molar-refractivity contribution is 5.87. The van der Waals surface area contributed by atoms with Crippen molar-refractivity contribution >= 4 is 17.9 Å². The van der Waals surface area contributed by atoms with E-state index >= 15 is 0 Å². The molecule has 0 aromatic carbocycles. The molecule has 6 heteroatoms. The normalized spacial score (nSPS) is 45.3. The fourth-order valence-corrected chi connectivity index (χ4v) is 7.77. The molecule has 0 bridgehead atoms. The van der Waals surface area contributed by atoms with E-state index < -0.39 is 0 Å². The summed E-state index contributed by atoms with van der Waals surface area (Å²) in [5, 5.41) is 7.36. The molecule has 0 aromatic heterocycles. The molecule has 0 spiro atoms. The van der Waals surface area contributed by atoms with E-state index in [0.717, 1.165) is 63.6 Å². The Bertz CT molecular complexity index is 680. The molecule has 4 aliphatic carbocycles. The summed E-state index contributed by atoms with van der Waals surface area (Å²) in [6.45, 7) is 6.38. The van der Waals surface area contributed by atoms with Gasteiger partial charge in [0.05, 0.1) is 5.71 Å². The number of carbonyl (C=O) groups excluding carboxylic acids is 2. The summed E-state index contributed by atoms with van der Waals surface area (Å²) in [4.78, 5) is 29.2. The Morgan fingerprint density at radius 1 is 1.21 bits per heavy atom. The molecule has 1 amide bonds. The SMILES string of the molecule is C[C@]12CC/C(=N/OCCN)CC1[C@@H](CNC=O)C[C@@H]1[C@@H]2CC[C@]2(C)C(=O)CC[C@@H]12. The van der Waals surface area contributed by atoms with E-state index in [1.54, 1.807) is 0 Å². The van der Waals surface area contributed by atoms with Gasteiger partial charge < -0.3 is 15.9 Å². The van der Waals surface area contributed by atoms with Crippen LogP contribution in [0.25, 0.3) is 0 Å². The van der Waals surface area contributed by atoms with Crippen LogP contribution in [-0.2, 0) is 14.4 Å². The van der Waals surface area contributed by atoms with Crippen molar-refractivity contribution in [3.63, 3.8) is 0 Å². The number of amides is 1. The number of nitrogens with two attached hydrogens (primary N) is 1. The fourth-order valence-electron chi connectivity index (χ4n) is 7.77. The van der Waals surface area contributed by atoms with E-state index in [0.29, 0.717) is 48.5 Å². The predicted molar refractivity (Wildman–Crippen MR) is 112 cm³/mol. The zero-order chi connectivity index (χ0) is 20.6. The Morgan fingerprint density at radius 3 is 2.79 bits per heavy atom. The number of ketones is 1. The first-order valence-corrected chi connectivity index (χ1v) is 11.5. The maximum atomic E-state index is 12.7. The summed E-state index contributed by atoms with van der Waals surface area (Å²) in [6.07, 6.45) is 9.05. The number of Topliss-reactive ketones (excluding diaryl/α,β-unsaturated/α-hetero) is 1. The topological polar surface area (TPSA) is 93.8 Å². The van der Waals surface area contributed by atoms with Gasteiger partial charge in [0.1, 0.15) is 12.4 Å². The Balaban J connectivity index is 1.61. The minimum atomic E-state index is -0.107. The van der Waals surface area contributed by atoms with Crippen molar-refractivity contribution in [2.75, 3.05) is 19.7 Å². The Kier molecular flexibility index (Phi) is 5.75. The van der Waals surface area contributed by atoms with Gasteiger partial charge in [0.25, 0.3) is 0 Å². The van der Waals surface area contributed by atoms with Crippen LogP contribution in [0.2, 0.25) is 0 Å². The summed E-state index contributed by atoms with van der Waals surface area (Å²) in [7, 11) is 0.